The molecule has 0 spiro atoms. The first kappa shape index (κ1) is 25.5. The molecule has 34 heavy (non-hydrogen) atoms. The van der Waals surface area contributed by atoms with Crippen molar-refractivity contribution in [2.24, 2.45) is 0 Å². The second-order valence-corrected chi connectivity index (χ2v) is 8.66. The zero-order valence-electron chi connectivity index (χ0n) is 19.5. The van der Waals surface area contributed by atoms with Gasteiger partial charge in [0.2, 0.25) is 5.43 Å². The van der Waals surface area contributed by atoms with Crippen LogP contribution < -0.4 is 10.7 Å². The lowest BCUT2D eigenvalue weighted by Gasteiger charge is -2.22. The first-order valence-electron chi connectivity index (χ1n) is 11.6. The highest BCUT2D eigenvalue weighted by Crippen LogP contribution is 2.31. The van der Waals surface area contributed by atoms with E-state index in [-0.39, 0.29) is 22.7 Å². The van der Waals surface area contributed by atoms with Crippen LogP contribution in [0.4, 0.5) is 13.2 Å². The molecule has 1 aromatic heterocycles. The number of hydrogen-bond acceptors (Lipinski definition) is 3. The van der Waals surface area contributed by atoms with Crippen molar-refractivity contribution in [3.63, 3.8) is 0 Å². The Morgan fingerprint density at radius 2 is 1.65 bits per heavy atom. The lowest BCUT2D eigenvalue weighted by atomic mass is 10.1. The molecule has 1 fully saturated rings. The molecule has 0 aliphatic carbocycles. The molecule has 1 aromatic carbocycles. The van der Waals surface area contributed by atoms with Crippen molar-refractivity contribution in [3.05, 3.63) is 69.1 Å². The normalized spacial score (nSPS) is 15.5. The Balaban J connectivity index is 1.93. The van der Waals surface area contributed by atoms with Gasteiger partial charge in [-0.3, -0.25) is 14.4 Å². The van der Waals surface area contributed by atoms with E-state index in [2.05, 4.69) is 5.32 Å². The highest BCUT2D eigenvalue weighted by atomic mass is 19.4. The molecule has 0 bridgehead atoms. The van der Waals surface area contributed by atoms with E-state index in [4.69, 9.17) is 0 Å². The Morgan fingerprint density at radius 3 is 2.26 bits per heavy atom. The number of pyridine rings is 1. The van der Waals surface area contributed by atoms with Crippen LogP contribution in [0.5, 0.6) is 0 Å². The van der Waals surface area contributed by atoms with Gasteiger partial charge in [-0.05, 0) is 37.8 Å². The molecule has 2 aromatic rings. The summed E-state index contributed by atoms with van der Waals surface area (Å²) in [6.07, 6.45) is 2.73. The van der Waals surface area contributed by atoms with Crippen LogP contribution in [0.1, 0.15) is 83.8 Å². The lowest BCUT2D eigenvalue weighted by molar-refractivity contribution is -0.138. The molecule has 1 N–H and O–H groups in total. The second kappa shape index (κ2) is 10.9. The molecule has 1 saturated heterocycles. The van der Waals surface area contributed by atoms with Gasteiger partial charge in [-0.25, -0.2) is 0 Å². The van der Waals surface area contributed by atoms with E-state index in [1.165, 1.54) is 30.6 Å². The Labute approximate surface area is 196 Å². The smallest absolute Gasteiger partial charge is 0.350 e. The van der Waals surface area contributed by atoms with Crippen LogP contribution >= 0.6 is 0 Å². The number of alkyl halides is 3. The van der Waals surface area contributed by atoms with E-state index < -0.39 is 35.5 Å². The molecule has 6 nitrogen and oxygen atoms in total. The van der Waals surface area contributed by atoms with Crippen LogP contribution in [-0.4, -0.2) is 34.4 Å². The van der Waals surface area contributed by atoms with Crippen molar-refractivity contribution in [1.29, 1.82) is 0 Å². The number of rotatable bonds is 6. The van der Waals surface area contributed by atoms with Gasteiger partial charge in [0.1, 0.15) is 11.1 Å². The third-order valence-electron chi connectivity index (χ3n) is 6.28. The van der Waals surface area contributed by atoms with E-state index in [1.807, 2.05) is 13.8 Å². The molecule has 9 heteroatoms. The zero-order valence-corrected chi connectivity index (χ0v) is 19.5. The van der Waals surface area contributed by atoms with Gasteiger partial charge < -0.3 is 14.8 Å². The van der Waals surface area contributed by atoms with E-state index >= 15 is 0 Å². The summed E-state index contributed by atoms with van der Waals surface area (Å²) in [4.78, 5) is 41.0. The Hall–Kier alpha value is -3.10. The number of aromatic nitrogens is 1. The summed E-state index contributed by atoms with van der Waals surface area (Å²) < 4.78 is 41.5. The maximum atomic E-state index is 13.3. The number of benzene rings is 1. The fourth-order valence-corrected chi connectivity index (χ4v) is 4.04. The molecule has 1 aliphatic rings. The van der Waals surface area contributed by atoms with Crippen LogP contribution in [0.25, 0.3) is 0 Å². The van der Waals surface area contributed by atoms with Crippen molar-refractivity contribution in [2.75, 3.05) is 13.1 Å². The standard InChI is InChI=1S/C25H30F3N3O3/c1-3-17(2)31-15-19(22(32)20(16-31)24(34)30-12-8-4-5-9-13-30)23(33)29-14-18-10-6-7-11-21(18)25(26,27)28/h6-7,10-11,15-17H,3-5,8-9,12-14H2,1-2H3,(H,29,33). The SMILES string of the molecule is CCC(C)n1cc(C(=O)NCc2ccccc2C(F)(F)F)c(=O)c(C(=O)N2CCCCCC2)c1. The molecule has 1 aliphatic heterocycles. The van der Waals surface area contributed by atoms with Crippen LogP contribution in [0, 0.1) is 0 Å². The van der Waals surface area contributed by atoms with Gasteiger partial charge in [-0.2, -0.15) is 13.2 Å². The highest BCUT2D eigenvalue weighted by molar-refractivity contribution is 5.99. The van der Waals surface area contributed by atoms with Gasteiger partial charge in [0.25, 0.3) is 11.8 Å². The molecule has 184 valence electrons. The fraction of sp³-hybridized carbons (Fsp3) is 0.480. The monoisotopic (exact) mass is 477 g/mol. The Morgan fingerprint density at radius 1 is 1.03 bits per heavy atom. The van der Waals surface area contributed by atoms with Crippen LogP contribution in [0.2, 0.25) is 0 Å². The fourth-order valence-electron chi connectivity index (χ4n) is 4.04. The minimum atomic E-state index is -4.57. The molecule has 2 heterocycles. The molecule has 2 amide bonds. The van der Waals surface area contributed by atoms with E-state index in [9.17, 15) is 27.6 Å². The summed E-state index contributed by atoms with van der Waals surface area (Å²) in [6.45, 7) is 4.53. The number of halogens is 3. The summed E-state index contributed by atoms with van der Waals surface area (Å²) in [5.41, 5.74) is -2.02. The van der Waals surface area contributed by atoms with E-state index in [0.29, 0.717) is 19.5 Å². The van der Waals surface area contributed by atoms with Crippen molar-refractivity contribution in [3.8, 4) is 0 Å². The average molecular weight is 478 g/mol. The van der Waals surface area contributed by atoms with Gasteiger partial charge >= 0.3 is 6.18 Å². The van der Waals surface area contributed by atoms with Crippen molar-refractivity contribution >= 4 is 11.8 Å². The van der Waals surface area contributed by atoms with Crippen molar-refractivity contribution in [2.45, 2.75) is 64.7 Å². The van der Waals surface area contributed by atoms with Gasteiger partial charge in [0.15, 0.2) is 0 Å². The van der Waals surface area contributed by atoms with Gasteiger partial charge in [0.05, 0.1) is 5.56 Å². The minimum Gasteiger partial charge on any atom is -0.350 e. The quantitative estimate of drug-likeness (QED) is 0.651. The number of hydrogen-bond donors (Lipinski definition) is 1. The number of amides is 2. The highest BCUT2D eigenvalue weighted by Gasteiger charge is 2.33. The maximum absolute atomic E-state index is 13.3. The predicted molar refractivity (Wildman–Crippen MR) is 123 cm³/mol. The lowest BCUT2D eigenvalue weighted by Crippen LogP contribution is -2.38. The predicted octanol–water partition coefficient (Wildman–Crippen LogP) is 4.78. The summed E-state index contributed by atoms with van der Waals surface area (Å²) in [5.74, 6) is -1.23. The zero-order chi connectivity index (χ0) is 24.9. The van der Waals surface area contributed by atoms with Crippen LogP contribution in [0.15, 0.2) is 41.5 Å². The van der Waals surface area contributed by atoms with Crippen molar-refractivity contribution < 1.29 is 22.8 Å². The Kier molecular flexibility index (Phi) is 8.17. The molecular weight excluding hydrogens is 447 g/mol. The number of nitrogens with zero attached hydrogens (tertiary/aromatic N) is 2. The number of carbonyl (C=O) groups is 2. The summed E-state index contributed by atoms with van der Waals surface area (Å²) in [6, 6.07) is 4.86. The molecule has 3 rings (SSSR count). The second-order valence-electron chi connectivity index (χ2n) is 8.66. The summed E-state index contributed by atoms with van der Waals surface area (Å²) in [7, 11) is 0. The van der Waals surface area contributed by atoms with E-state index in [0.717, 1.165) is 31.7 Å². The van der Waals surface area contributed by atoms with Gasteiger partial charge in [-0.15, -0.1) is 0 Å². The third kappa shape index (κ3) is 5.87. The van der Waals surface area contributed by atoms with Gasteiger partial charge in [-0.1, -0.05) is 38.0 Å². The third-order valence-corrected chi connectivity index (χ3v) is 6.28. The van der Waals surface area contributed by atoms with Crippen molar-refractivity contribution in [1.82, 2.24) is 14.8 Å². The number of likely N-dealkylation sites (tertiary alicyclic amines) is 1. The first-order chi connectivity index (χ1) is 16.1. The first-order valence-corrected chi connectivity index (χ1v) is 11.6. The molecular formula is C25H30F3N3O3. The van der Waals surface area contributed by atoms with Crippen LogP contribution in [-0.2, 0) is 12.7 Å². The maximum Gasteiger partial charge on any atom is 0.416 e. The molecule has 1 unspecified atom stereocenters. The van der Waals surface area contributed by atoms with E-state index in [1.54, 1.807) is 9.47 Å². The Bertz CT molecular complexity index is 1090. The molecule has 1 atom stereocenters. The average Bonchev–Trinajstić information content (AvgIpc) is 3.11. The summed E-state index contributed by atoms with van der Waals surface area (Å²) in [5, 5.41) is 2.43. The largest absolute Gasteiger partial charge is 0.416 e. The minimum absolute atomic E-state index is 0.0891. The molecule has 0 radical (unpaired) electrons. The van der Waals surface area contributed by atoms with Gasteiger partial charge in [0, 0.05) is 38.1 Å². The topological polar surface area (TPSA) is 71.4 Å². The summed E-state index contributed by atoms with van der Waals surface area (Å²) >= 11 is 0. The number of carbonyl (C=O) groups excluding carboxylic acids is 2. The van der Waals surface area contributed by atoms with Crippen LogP contribution in [0.3, 0.4) is 0 Å². The number of nitrogens with one attached hydrogen (secondary N) is 1. The molecule has 0 saturated carbocycles.